The topological polar surface area (TPSA) is 141 Å². The number of aliphatic carboxylic acids is 1. The average Bonchev–Trinajstić information content (AvgIpc) is 3.28. The van der Waals surface area contributed by atoms with Crippen LogP contribution in [-0.2, 0) is 27.8 Å². The van der Waals surface area contributed by atoms with Crippen molar-refractivity contribution in [3.8, 4) is 23.0 Å². The van der Waals surface area contributed by atoms with Crippen molar-refractivity contribution in [1.82, 2.24) is 15.5 Å². The molecule has 0 aromatic heterocycles. The number of nitrogens with zero attached hydrogens (tertiary/aromatic N) is 1. The summed E-state index contributed by atoms with van der Waals surface area (Å²) in [5.74, 6) is 0.408. The van der Waals surface area contributed by atoms with Crippen LogP contribution in [0.2, 0.25) is 0 Å². The summed E-state index contributed by atoms with van der Waals surface area (Å²) in [7, 11) is 3.84. The van der Waals surface area contributed by atoms with Gasteiger partial charge in [0.05, 0.1) is 7.11 Å². The molecule has 1 saturated carbocycles. The molecule has 1 spiro atoms. The SMILES string of the molecule is COc1cc(O)c2c3c1C[C@@H]1[C@@H]4CC[C@H](NC(C)(C)CC(=O)N[C@@H](Cc5ccc(O)cc5)C(=O)O)[C@H](O2)[C@]34CCN1C. The molecular weight excluding hydrogens is 538 g/mol. The van der Waals surface area contributed by atoms with E-state index in [1.165, 1.54) is 12.1 Å². The Kier molecular flexibility index (Phi) is 7.05. The van der Waals surface area contributed by atoms with Gasteiger partial charge in [0.2, 0.25) is 5.91 Å². The van der Waals surface area contributed by atoms with Gasteiger partial charge in [-0.25, -0.2) is 4.79 Å². The van der Waals surface area contributed by atoms with Crippen molar-refractivity contribution in [3.63, 3.8) is 0 Å². The molecular formula is C32H41N3O7. The van der Waals surface area contributed by atoms with E-state index < -0.39 is 17.6 Å². The molecule has 2 fully saturated rings. The highest BCUT2D eigenvalue weighted by Gasteiger charge is 2.66. The Morgan fingerprint density at radius 1 is 1.21 bits per heavy atom. The van der Waals surface area contributed by atoms with Crippen LogP contribution < -0.4 is 20.1 Å². The molecule has 2 aliphatic carbocycles. The summed E-state index contributed by atoms with van der Waals surface area (Å²) in [5.41, 5.74) is 2.04. The van der Waals surface area contributed by atoms with Gasteiger partial charge in [-0.05, 0) is 76.7 Å². The Morgan fingerprint density at radius 3 is 2.64 bits per heavy atom. The molecule has 2 aliphatic heterocycles. The molecule has 226 valence electrons. The zero-order chi connectivity index (χ0) is 30.0. The molecule has 5 N–H and O–H groups in total. The molecule has 0 radical (unpaired) electrons. The predicted molar refractivity (Wildman–Crippen MR) is 155 cm³/mol. The Balaban J connectivity index is 1.21. The maximum Gasteiger partial charge on any atom is 0.326 e. The molecule has 1 amide bonds. The molecule has 2 bridgehead atoms. The molecule has 2 aromatic rings. The number of likely N-dealkylation sites (tertiary alicyclic amines) is 1. The zero-order valence-corrected chi connectivity index (χ0v) is 24.6. The van der Waals surface area contributed by atoms with Crippen LogP contribution >= 0.6 is 0 Å². The van der Waals surface area contributed by atoms with Crippen LogP contribution in [0.1, 0.15) is 56.2 Å². The lowest BCUT2D eigenvalue weighted by Crippen LogP contribution is -2.69. The Bertz CT molecular complexity index is 1390. The van der Waals surface area contributed by atoms with E-state index in [4.69, 9.17) is 9.47 Å². The van der Waals surface area contributed by atoms with Gasteiger partial charge in [-0.15, -0.1) is 0 Å². The van der Waals surface area contributed by atoms with Crippen molar-refractivity contribution in [2.45, 2.75) is 87.6 Å². The summed E-state index contributed by atoms with van der Waals surface area (Å²) in [4.78, 5) is 27.6. The number of ether oxygens (including phenoxy) is 2. The number of phenolic OH excluding ortho intramolecular Hbond substituents is 2. The monoisotopic (exact) mass is 579 g/mol. The minimum absolute atomic E-state index is 0.0656. The quantitative estimate of drug-likeness (QED) is 0.303. The van der Waals surface area contributed by atoms with Crippen molar-refractivity contribution in [2.75, 3.05) is 20.7 Å². The van der Waals surface area contributed by atoms with Gasteiger partial charge >= 0.3 is 5.97 Å². The number of amides is 1. The molecule has 0 unspecified atom stereocenters. The highest BCUT2D eigenvalue weighted by Crippen LogP contribution is 2.65. The van der Waals surface area contributed by atoms with Crippen molar-refractivity contribution < 1.29 is 34.4 Å². The normalized spacial score (nSPS) is 28.4. The second-order valence-electron chi connectivity index (χ2n) is 13.2. The number of hydrogen-bond acceptors (Lipinski definition) is 8. The minimum Gasteiger partial charge on any atom is -0.508 e. The number of phenols is 2. The van der Waals surface area contributed by atoms with E-state index in [9.17, 15) is 24.9 Å². The van der Waals surface area contributed by atoms with Crippen molar-refractivity contribution in [3.05, 3.63) is 47.0 Å². The summed E-state index contributed by atoms with van der Waals surface area (Å²) >= 11 is 0. The summed E-state index contributed by atoms with van der Waals surface area (Å²) in [5, 5.41) is 36.7. The zero-order valence-electron chi connectivity index (χ0n) is 24.6. The highest BCUT2D eigenvalue weighted by molar-refractivity contribution is 5.84. The molecule has 6 atom stereocenters. The number of methoxy groups -OCH3 is 1. The first-order valence-corrected chi connectivity index (χ1v) is 14.8. The number of hydrogen-bond donors (Lipinski definition) is 5. The number of carboxylic acids is 1. The van der Waals surface area contributed by atoms with Gasteiger partial charge in [-0.2, -0.15) is 0 Å². The van der Waals surface area contributed by atoms with Crippen LogP contribution in [0.25, 0.3) is 0 Å². The van der Waals surface area contributed by atoms with Gasteiger partial charge in [-0.3, -0.25) is 4.79 Å². The third-order valence-electron chi connectivity index (χ3n) is 10.1. The number of likely N-dealkylation sites (N-methyl/N-ethyl adjacent to an activating group) is 1. The van der Waals surface area contributed by atoms with Crippen LogP contribution in [-0.4, -0.2) is 82.6 Å². The maximum atomic E-state index is 13.2. The fourth-order valence-electron chi connectivity index (χ4n) is 8.39. The van der Waals surface area contributed by atoms with Crippen LogP contribution in [0.15, 0.2) is 30.3 Å². The summed E-state index contributed by atoms with van der Waals surface area (Å²) in [6.07, 6.45) is 3.63. The number of nitrogens with one attached hydrogen (secondary N) is 2. The van der Waals surface area contributed by atoms with E-state index in [1.807, 2.05) is 13.8 Å². The van der Waals surface area contributed by atoms with Gasteiger partial charge in [-0.1, -0.05) is 12.1 Å². The predicted octanol–water partition coefficient (Wildman–Crippen LogP) is 2.71. The fourth-order valence-corrected chi connectivity index (χ4v) is 8.39. The first-order valence-electron chi connectivity index (χ1n) is 14.8. The lowest BCUT2D eigenvalue weighted by Gasteiger charge is -2.59. The van der Waals surface area contributed by atoms with Crippen LogP contribution in [0.3, 0.4) is 0 Å². The number of carbonyl (C=O) groups is 2. The number of carbonyl (C=O) groups excluding carboxylic acids is 1. The minimum atomic E-state index is -1.11. The first-order chi connectivity index (χ1) is 19.9. The third-order valence-corrected chi connectivity index (χ3v) is 10.1. The summed E-state index contributed by atoms with van der Waals surface area (Å²) < 4.78 is 12.4. The van der Waals surface area contributed by atoms with Crippen LogP contribution in [0.4, 0.5) is 0 Å². The largest absolute Gasteiger partial charge is 0.508 e. The van der Waals surface area contributed by atoms with Gasteiger partial charge < -0.3 is 40.3 Å². The molecule has 2 heterocycles. The second-order valence-corrected chi connectivity index (χ2v) is 13.2. The lowest BCUT2D eigenvalue weighted by molar-refractivity contribution is -0.142. The molecule has 1 saturated heterocycles. The second kappa shape index (κ2) is 10.3. The van der Waals surface area contributed by atoms with E-state index in [2.05, 4.69) is 22.6 Å². The van der Waals surface area contributed by atoms with E-state index in [1.54, 1.807) is 25.3 Å². The number of piperidine rings is 1. The fraction of sp³-hybridized carbons (Fsp3) is 0.562. The number of rotatable bonds is 9. The maximum absolute atomic E-state index is 13.2. The molecule has 6 rings (SSSR count). The van der Waals surface area contributed by atoms with Crippen LogP contribution in [0.5, 0.6) is 23.0 Å². The van der Waals surface area contributed by atoms with Gasteiger partial charge in [0.1, 0.15) is 23.6 Å². The Morgan fingerprint density at radius 2 is 1.95 bits per heavy atom. The van der Waals surface area contributed by atoms with Crippen molar-refractivity contribution in [1.29, 1.82) is 0 Å². The Labute approximate surface area is 246 Å². The van der Waals surface area contributed by atoms with Gasteiger partial charge in [0.25, 0.3) is 0 Å². The summed E-state index contributed by atoms with van der Waals surface area (Å²) in [6, 6.07) is 7.18. The van der Waals surface area contributed by atoms with Crippen molar-refractivity contribution in [2.24, 2.45) is 5.92 Å². The Hall–Kier alpha value is -3.50. The number of benzene rings is 2. The van der Waals surface area contributed by atoms with E-state index in [0.717, 1.165) is 43.4 Å². The smallest absolute Gasteiger partial charge is 0.326 e. The highest BCUT2D eigenvalue weighted by atomic mass is 16.5. The van der Waals surface area contributed by atoms with Gasteiger partial charge in [0, 0.05) is 53.1 Å². The van der Waals surface area contributed by atoms with Gasteiger partial charge in [0.15, 0.2) is 11.5 Å². The standard InChI is InChI=1S/C32H41N3O7/c1-31(2,16-26(38)33-22(30(39)40)13-17-5-7-18(36)8-6-17)34-21-10-9-20-23-14-19-25(41-4)15-24(37)28-27(19)32(20,29(21)42-28)11-12-35(23)3/h5-8,15,20-23,29,34,36-37H,9-14,16H2,1-4H3,(H,33,38)(H,39,40)/t20-,21-,22-,23+,29-,32-/m0/s1. The lowest BCUT2D eigenvalue weighted by atomic mass is 9.51. The molecule has 10 nitrogen and oxygen atoms in total. The number of aromatic hydroxyl groups is 2. The molecule has 2 aromatic carbocycles. The average molecular weight is 580 g/mol. The van der Waals surface area contributed by atoms with E-state index in [0.29, 0.717) is 29.0 Å². The first kappa shape index (κ1) is 28.6. The van der Waals surface area contributed by atoms with Crippen molar-refractivity contribution >= 4 is 11.9 Å². The van der Waals surface area contributed by atoms with Crippen LogP contribution in [0, 0.1) is 5.92 Å². The third kappa shape index (κ3) is 4.65. The summed E-state index contributed by atoms with van der Waals surface area (Å²) in [6.45, 7) is 4.85. The molecule has 10 heteroatoms. The molecule has 42 heavy (non-hydrogen) atoms. The van der Waals surface area contributed by atoms with E-state index in [-0.39, 0.29) is 47.8 Å². The molecule has 4 aliphatic rings. The number of carboxylic acid groups (broad SMARTS) is 1. The van der Waals surface area contributed by atoms with E-state index >= 15 is 0 Å².